The third-order valence-corrected chi connectivity index (χ3v) is 4.83. The van der Waals surface area contributed by atoms with Crippen LogP contribution in [0.4, 0.5) is 23.7 Å². The third-order valence-electron chi connectivity index (χ3n) is 4.83. The van der Waals surface area contributed by atoms with Crippen LogP contribution in [0.1, 0.15) is 11.1 Å². The van der Waals surface area contributed by atoms with Gasteiger partial charge in [-0.25, -0.2) is 4.79 Å². The van der Waals surface area contributed by atoms with E-state index in [-0.39, 0.29) is 30.6 Å². The number of carbonyl (C=O) groups is 2. The molecule has 9 heteroatoms. The van der Waals surface area contributed by atoms with Crippen molar-refractivity contribution in [3.05, 3.63) is 65.7 Å². The number of hydrogen-bond acceptors (Lipinski definition) is 3. The second-order valence-corrected chi connectivity index (χ2v) is 7.22. The molecule has 1 fully saturated rings. The molecule has 0 bridgehead atoms. The van der Waals surface area contributed by atoms with Crippen LogP contribution >= 0.6 is 0 Å². The first-order valence-electron chi connectivity index (χ1n) is 10.1. The molecule has 0 radical (unpaired) electrons. The highest BCUT2D eigenvalue weighted by Gasteiger charge is 2.30. The van der Waals surface area contributed by atoms with Crippen LogP contribution in [-0.4, -0.2) is 61.0 Å². The number of amides is 3. The molecule has 3 amide bonds. The SMILES string of the molecule is O=C(CN1CCN(C(=O)NCC#Cc2cccc(C(F)(F)F)c2)CC1)Nc1ccccc1. The number of hydrogen-bond donors (Lipinski definition) is 2. The van der Waals surface area contributed by atoms with E-state index in [1.54, 1.807) is 4.90 Å². The van der Waals surface area contributed by atoms with Gasteiger partial charge in [0.05, 0.1) is 18.7 Å². The molecule has 168 valence electrons. The van der Waals surface area contributed by atoms with E-state index < -0.39 is 11.7 Å². The monoisotopic (exact) mass is 444 g/mol. The molecule has 32 heavy (non-hydrogen) atoms. The van der Waals surface area contributed by atoms with Crippen molar-refractivity contribution in [2.45, 2.75) is 6.18 Å². The molecular weight excluding hydrogens is 421 g/mol. The summed E-state index contributed by atoms with van der Waals surface area (Å²) in [5, 5.41) is 5.48. The Balaban J connectivity index is 1.39. The predicted molar refractivity (Wildman–Crippen MR) is 115 cm³/mol. The fourth-order valence-corrected chi connectivity index (χ4v) is 3.19. The number of piperazine rings is 1. The molecule has 1 heterocycles. The Labute approximate surface area is 184 Å². The molecule has 0 spiro atoms. The summed E-state index contributed by atoms with van der Waals surface area (Å²) in [4.78, 5) is 28.0. The fourth-order valence-electron chi connectivity index (χ4n) is 3.19. The topological polar surface area (TPSA) is 64.7 Å². The second-order valence-electron chi connectivity index (χ2n) is 7.22. The second kappa shape index (κ2) is 10.7. The summed E-state index contributed by atoms with van der Waals surface area (Å²) in [5.41, 5.74) is 0.210. The molecule has 1 saturated heterocycles. The molecule has 2 aromatic carbocycles. The molecule has 0 saturated carbocycles. The van der Waals surface area contributed by atoms with E-state index in [0.717, 1.165) is 17.8 Å². The molecule has 0 unspecified atom stereocenters. The van der Waals surface area contributed by atoms with Gasteiger partial charge in [0.25, 0.3) is 0 Å². The van der Waals surface area contributed by atoms with Crippen molar-refractivity contribution in [2.75, 3.05) is 44.6 Å². The highest BCUT2D eigenvalue weighted by atomic mass is 19.4. The highest BCUT2D eigenvalue weighted by molar-refractivity contribution is 5.92. The van der Waals surface area contributed by atoms with Gasteiger partial charge in [-0.1, -0.05) is 36.1 Å². The maximum atomic E-state index is 12.7. The maximum absolute atomic E-state index is 12.7. The van der Waals surface area contributed by atoms with Gasteiger partial charge in [0.1, 0.15) is 0 Å². The van der Waals surface area contributed by atoms with E-state index in [1.807, 2.05) is 35.2 Å². The average Bonchev–Trinajstić information content (AvgIpc) is 2.77. The number of rotatable bonds is 4. The highest BCUT2D eigenvalue weighted by Crippen LogP contribution is 2.29. The van der Waals surface area contributed by atoms with Gasteiger partial charge < -0.3 is 15.5 Å². The van der Waals surface area contributed by atoms with Gasteiger partial charge in [-0.05, 0) is 30.3 Å². The lowest BCUT2D eigenvalue weighted by Crippen LogP contribution is -2.53. The number of nitrogens with zero attached hydrogens (tertiary/aromatic N) is 2. The lowest BCUT2D eigenvalue weighted by molar-refractivity contribution is -0.137. The van der Waals surface area contributed by atoms with E-state index in [1.165, 1.54) is 12.1 Å². The Morgan fingerprint density at radius 2 is 1.69 bits per heavy atom. The molecule has 0 aromatic heterocycles. The summed E-state index contributed by atoms with van der Waals surface area (Å²) in [6.45, 7) is 2.32. The van der Waals surface area contributed by atoms with Crippen LogP contribution in [0.3, 0.4) is 0 Å². The molecule has 3 rings (SSSR count). The smallest absolute Gasteiger partial charge is 0.327 e. The molecular formula is C23H23F3N4O2. The Morgan fingerprint density at radius 1 is 0.969 bits per heavy atom. The van der Waals surface area contributed by atoms with Crippen LogP contribution in [0.2, 0.25) is 0 Å². The zero-order chi connectivity index (χ0) is 23.0. The van der Waals surface area contributed by atoms with Crippen molar-refractivity contribution in [1.29, 1.82) is 0 Å². The lowest BCUT2D eigenvalue weighted by Gasteiger charge is -2.34. The summed E-state index contributed by atoms with van der Waals surface area (Å²) in [6, 6.07) is 13.6. The Bertz CT molecular complexity index is 992. The van der Waals surface area contributed by atoms with Crippen LogP contribution < -0.4 is 10.6 Å². The average molecular weight is 444 g/mol. The third kappa shape index (κ3) is 7.03. The molecule has 0 atom stereocenters. The van der Waals surface area contributed by atoms with Gasteiger partial charge in [-0.3, -0.25) is 9.69 Å². The van der Waals surface area contributed by atoms with E-state index in [9.17, 15) is 22.8 Å². The van der Waals surface area contributed by atoms with Gasteiger partial charge in [0, 0.05) is 37.4 Å². The number of alkyl halides is 3. The summed E-state index contributed by atoms with van der Waals surface area (Å²) in [7, 11) is 0. The van der Waals surface area contributed by atoms with Gasteiger partial charge in [0.2, 0.25) is 5.91 Å². The normalized spacial score (nSPS) is 14.3. The van der Waals surface area contributed by atoms with Crippen molar-refractivity contribution in [1.82, 2.24) is 15.1 Å². The van der Waals surface area contributed by atoms with E-state index >= 15 is 0 Å². The largest absolute Gasteiger partial charge is 0.416 e. The molecule has 2 aromatic rings. The maximum Gasteiger partial charge on any atom is 0.416 e. The quantitative estimate of drug-likeness (QED) is 0.713. The molecule has 1 aliphatic heterocycles. The first-order valence-corrected chi connectivity index (χ1v) is 10.1. The van der Waals surface area contributed by atoms with Crippen LogP contribution in [0.15, 0.2) is 54.6 Å². The minimum Gasteiger partial charge on any atom is -0.327 e. The zero-order valence-corrected chi connectivity index (χ0v) is 17.3. The number of anilines is 1. The molecule has 0 aliphatic carbocycles. The van der Waals surface area contributed by atoms with Crippen LogP contribution in [0.25, 0.3) is 0 Å². The first kappa shape index (κ1) is 23.2. The molecule has 2 N–H and O–H groups in total. The Morgan fingerprint density at radius 3 is 2.38 bits per heavy atom. The van der Waals surface area contributed by atoms with Crippen molar-refractivity contribution in [3.8, 4) is 11.8 Å². The van der Waals surface area contributed by atoms with Gasteiger partial charge in [-0.2, -0.15) is 13.2 Å². The van der Waals surface area contributed by atoms with Crippen molar-refractivity contribution >= 4 is 17.6 Å². The summed E-state index contributed by atoms with van der Waals surface area (Å²) in [5.74, 6) is 5.19. The summed E-state index contributed by atoms with van der Waals surface area (Å²) < 4.78 is 38.2. The Kier molecular flexibility index (Phi) is 7.73. The van der Waals surface area contributed by atoms with Crippen LogP contribution in [0.5, 0.6) is 0 Å². The number of halogens is 3. The zero-order valence-electron chi connectivity index (χ0n) is 17.3. The number of para-hydroxylation sites is 1. The van der Waals surface area contributed by atoms with Gasteiger partial charge in [0.15, 0.2) is 0 Å². The van der Waals surface area contributed by atoms with E-state index in [2.05, 4.69) is 22.5 Å². The van der Waals surface area contributed by atoms with Crippen molar-refractivity contribution < 1.29 is 22.8 Å². The number of urea groups is 1. The number of carbonyl (C=O) groups excluding carboxylic acids is 2. The van der Waals surface area contributed by atoms with E-state index in [4.69, 9.17) is 0 Å². The number of nitrogens with one attached hydrogen (secondary N) is 2. The standard InChI is InChI=1S/C23H23F3N4O2/c24-23(25,26)19-8-4-6-18(16-19)7-5-11-27-22(32)30-14-12-29(13-15-30)17-21(31)28-20-9-2-1-3-10-20/h1-4,6,8-10,16H,11-15,17H2,(H,27,32)(H,28,31). The molecule has 6 nitrogen and oxygen atoms in total. The van der Waals surface area contributed by atoms with Gasteiger partial charge >= 0.3 is 12.2 Å². The minimum absolute atomic E-state index is 0.0226. The molecule has 1 aliphatic rings. The summed E-state index contributed by atoms with van der Waals surface area (Å²) >= 11 is 0. The van der Waals surface area contributed by atoms with Crippen LogP contribution in [-0.2, 0) is 11.0 Å². The fraction of sp³-hybridized carbons (Fsp3) is 0.304. The Hall–Kier alpha value is -3.51. The van der Waals surface area contributed by atoms with Gasteiger partial charge in [-0.15, -0.1) is 0 Å². The predicted octanol–water partition coefficient (Wildman–Crippen LogP) is 3.02. The first-order chi connectivity index (χ1) is 15.3. The number of benzene rings is 2. The lowest BCUT2D eigenvalue weighted by atomic mass is 10.1. The van der Waals surface area contributed by atoms with Crippen molar-refractivity contribution in [3.63, 3.8) is 0 Å². The van der Waals surface area contributed by atoms with E-state index in [0.29, 0.717) is 26.2 Å². The van der Waals surface area contributed by atoms with Crippen molar-refractivity contribution in [2.24, 2.45) is 0 Å². The van der Waals surface area contributed by atoms with Crippen LogP contribution in [0, 0.1) is 11.8 Å². The summed E-state index contributed by atoms with van der Waals surface area (Å²) in [6.07, 6.45) is -4.42. The minimum atomic E-state index is -4.42.